The number of nitrogens with zero attached hydrogens (tertiary/aromatic N) is 3. The molecular formula is C80H105FN11O17+. The van der Waals surface area contributed by atoms with Gasteiger partial charge in [-0.05, 0) is 129 Å². The molecule has 28 nitrogen and oxygen atoms in total. The number of aromatic amines is 1. The van der Waals surface area contributed by atoms with Gasteiger partial charge in [0.15, 0.2) is 5.78 Å². The molecule has 10 rings (SSSR count). The van der Waals surface area contributed by atoms with Gasteiger partial charge in [0, 0.05) is 94.1 Å². The van der Waals surface area contributed by atoms with Crippen molar-refractivity contribution in [1.29, 1.82) is 0 Å². The van der Waals surface area contributed by atoms with E-state index in [0.717, 1.165) is 27.1 Å². The maximum atomic E-state index is 15.9. The highest BCUT2D eigenvalue weighted by Gasteiger charge is 2.50. The van der Waals surface area contributed by atoms with Gasteiger partial charge in [-0.2, -0.15) is 0 Å². The van der Waals surface area contributed by atoms with Gasteiger partial charge >= 0.3 is 0 Å². The van der Waals surface area contributed by atoms with Crippen LogP contribution >= 0.6 is 0 Å². The second kappa shape index (κ2) is 39.1. The van der Waals surface area contributed by atoms with Crippen LogP contribution in [0.25, 0.3) is 10.9 Å². The molecule has 1 aromatic heterocycles. The average molecular weight is 1510 g/mol. The molecule has 2 fully saturated rings. The highest BCUT2D eigenvalue weighted by molar-refractivity contribution is 6.00. The fourth-order valence-electron chi connectivity index (χ4n) is 14.1. The number of halogens is 1. The van der Waals surface area contributed by atoms with E-state index < -0.39 is 138 Å². The zero-order valence-electron chi connectivity index (χ0n) is 63.1. The van der Waals surface area contributed by atoms with E-state index in [-0.39, 0.29) is 128 Å². The number of aliphatic hydroxyl groups is 2. The van der Waals surface area contributed by atoms with Crippen molar-refractivity contribution in [2.24, 2.45) is 5.92 Å². The number of likely N-dealkylation sites (N-methyl/N-ethyl adjacent to an activating group) is 1. The summed E-state index contributed by atoms with van der Waals surface area (Å²) in [6.45, 7) is 5.26. The molecule has 0 unspecified atom stereocenters. The van der Waals surface area contributed by atoms with Crippen LogP contribution in [0.5, 0.6) is 0 Å². The lowest BCUT2D eigenvalue weighted by Crippen LogP contribution is -2.63. The Morgan fingerprint density at radius 3 is 2.12 bits per heavy atom. The molecule has 0 aliphatic carbocycles. The number of carbonyl (C=O) groups excluding carboxylic acids is 12. The molecule has 2 saturated heterocycles. The number of Topliss-reactive ketones (excluding diaryl/α,β-unsaturated/α-hetero) is 3. The van der Waals surface area contributed by atoms with Gasteiger partial charge < -0.3 is 80.9 Å². The maximum Gasteiger partial charge on any atom is 0.246 e. The summed E-state index contributed by atoms with van der Waals surface area (Å²) >= 11 is 0. The summed E-state index contributed by atoms with van der Waals surface area (Å²) in [6.07, 6.45) is -2.17. The molecule has 588 valence electrons. The number of hydrogen-bond donors (Lipinski definition) is 10. The Morgan fingerprint density at radius 2 is 1.39 bits per heavy atom. The first-order valence-corrected chi connectivity index (χ1v) is 37.6. The summed E-state index contributed by atoms with van der Waals surface area (Å²) in [5.41, 5.74) is 3.32. The number of aromatic nitrogens is 1. The molecule has 0 saturated carbocycles. The third kappa shape index (κ3) is 23.9. The predicted octanol–water partition coefficient (Wildman–Crippen LogP) is 2.36. The van der Waals surface area contributed by atoms with Crippen molar-refractivity contribution in [3.8, 4) is 0 Å². The molecule has 9 amide bonds. The minimum absolute atomic E-state index is 0.0169. The molecule has 0 radical (unpaired) electrons. The first-order chi connectivity index (χ1) is 52.0. The van der Waals surface area contributed by atoms with Crippen LogP contribution in [0.3, 0.4) is 0 Å². The second-order valence-electron chi connectivity index (χ2n) is 30.2. The molecule has 4 aromatic carbocycles. The van der Waals surface area contributed by atoms with Gasteiger partial charge in [-0.15, -0.1) is 0 Å². The second-order valence-corrected chi connectivity index (χ2v) is 30.2. The van der Waals surface area contributed by atoms with Crippen LogP contribution in [0.15, 0.2) is 97.2 Å². The molecule has 10 N–H and O–H groups in total. The Kier molecular flexibility index (Phi) is 29.9. The molecule has 0 spiro atoms. The summed E-state index contributed by atoms with van der Waals surface area (Å²) < 4.78 is 33.4. The van der Waals surface area contributed by atoms with Gasteiger partial charge in [-0.1, -0.05) is 72.8 Å². The molecule has 5 aliphatic heterocycles. The van der Waals surface area contributed by atoms with Crippen LogP contribution < -0.4 is 37.2 Å². The first-order valence-electron chi connectivity index (χ1n) is 37.6. The number of ketones is 3. The predicted molar refractivity (Wildman–Crippen MR) is 398 cm³/mol. The van der Waals surface area contributed by atoms with E-state index in [1.165, 1.54) is 36.9 Å². The molecule has 109 heavy (non-hydrogen) atoms. The van der Waals surface area contributed by atoms with Crippen LogP contribution in [0, 0.1) is 11.7 Å². The van der Waals surface area contributed by atoms with Crippen molar-refractivity contribution in [2.45, 2.75) is 184 Å². The van der Waals surface area contributed by atoms with Gasteiger partial charge in [0.1, 0.15) is 66.3 Å². The number of fused-ring (bicyclic) bond motifs is 26. The van der Waals surface area contributed by atoms with Gasteiger partial charge in [-0.3, -0.25) is 57.5 Å². The Labute approximate surface area is 634 Å². The lowest BCUT2D eigenvalue weighted by atomic mass is 9.88. The van der Waals surface area contributed by atoms with Gasteiger partial charge in [0.05, 0.1) is 72.4 Å². The Balaban J connectivity index is 1.04. The van der Waals surface area contributed by atoms with Crippen molar-refractivity contribution in [3.63, 3.8) is 0 Å². The average Bonchev–Trinajstić information content (AvgIpc) is 1.67. The molecule has 8 bridgehead atoms. The van der Waals surface area contributed by atoms with E-state index in [0.29, 0.717) is 71.2 Å². The molecule has 29 heteroatoms. The highest BCUT2D eigenvalue weighted by Crippen LogP contribution is 2.33. The SMILES string of the molecule is C[C@H]1NC(=O)[C@H](CCC(=O)CCOCCOCC[N+](C)(C)C)NC(=O)CCC(=O)CCc2ccc(cc2)CCNC(=O)[C@]2(C)CCCN2C(=O)[C@H](Cc2ccc(CO)cc2)NC(=O)[C@H]([C@@H](C)O)NC(=O)[C@@H]2[C@@H]3CCN2C(=O)[C@H](Cc2c[nH]c4ccc(F)cc24)CC(=O)[C@H](Cc2cccc(c2)CNC(=O)CO3)NC1=O. The summed E-state index contributed by atoms with van der Waals surface area (Å²) in [6, 6.07) is 15.6. The molecule has 5 aliphatic rings. The topological polar surface area (TPSA) is 379 Å². The number of H-pyrrole nitrogens is 1. The molecular weight excluding hydrogens is 1410 g/mol. The van der Waals surface area contributed by atoms with Gasteiger partial charge in [0.2, 0.25) is 53.2 Å². The molecule has 5 aromatic rings. The van der Waals surface area contributed by atoms with Crippen molar-refractivity contribution < 1.29 is 90.8 Å². The van der Waals surface area contributed by atoms with Gasteiger partial charge in [-0.25, -0.2) is 4.39 Å². The van der Waals surface area contributed by atoms with Crippen LogP contribution in [0.1, 0.15) is 124 Å². The minimum Gasteiger partial charge on any atom is -0.392 e. The number of quaternary nitrogens is 1. The van der Waals surface area contributed by atoms with E-state index in [1.807, 2.05) is 45.4 Å². The van der Waals surface area contributed by atoms with E-state index in [4.69, 9.17) is 14.2 Å². The normalized spacial score (nSPS) is 24.4. The van der Waals surface area contributed by atoms with Crippen LogP contribution in [0.2, 0.25) is 0 Å². The maximum absolute atomic E-state index is 15.9. The van der Waals surface area contributed by atoms with E-state index >= 15 is 28.4 Å². The third-order valence-corrected chi connectivity index (χ3v) is 20.6. The van der Waals surface area contributed by atoms with Crippen molar-refractivity contribution in [3.05, 3.63) is 142 Å². The zero-order valence-corrected chi connectivity index (χ0v) is 63.1. The van der Waals surface area contributed by atoms with Crippen LogP contribution in [-0.4, -0.2) is 234 Å². The Hall–Kier alpha value is -9.65. The standard InChI is InChI=1S/C80H104FN11O17/c1-49-73(100)87-65-41-55-9-7-10-56(39-55)45-84-70(99)48-109-68-28-33-90(77(104)57(43-67(65)97)42-58-46-83-63-24-20-59(81)44-62(58)63)72(68)76(103)89-71(50(2)94)75(102)88-66(40-53-15-17-54(47-93)18-16-53)78(105)91-32-8-30-80(91,3)79(106)82-31-27-52-13-11-51(12-14-52)19-21-60(95)23-26-69(98)86-64(74(101)85-49)25-22-61(96)29-35-107-37-38-108-36-34-92(4,5)6/h7,9-18,20,24,39,44,46,49-50,57,64-66,68,71-72,83,93-94H,8,19,21-23,25-38,40-43,45,47-48H2,1-6H3,(H6-,82,84,85,86,87,88,89,98,99,100,101,102,103,106)/p+1/t49-,50-,57-,64+,65+,66+,68+,71+,72+,80+/m1/s1. The van der Waals surface area contributed by atoms with E-state index in [1.54, 1.807) is 61.7 Å². The summed E-state index contributed by atoms with van der Waals surface area (Å²) in [4.78, 5) is 181. The summed E-state index contributed by atoms with van der Waals surface area (Å²) in [5, 5.41) is 41.1. The number of nitrogens with one attached hydrogen (secondary N) is 8. The number of rotatable bonds is 18. The van der Waals surface area contributed by atoms with Crippen LogP contribution in [-0.2, 0) is 117 Å². The first kappa shape index (κ1) is 83.4. The number of carbonyl (C=O) groups is 12. The summed E-state index contributed by atoms with van der Waals surface area (Å²) in [5.74, 6) is -10.3. The largest absolute Gasteiger partial charge is 0.392 e. The fourth-order valence-corrected chi connectivity index (χ4v) is 14.1. The minimum atomic E-state index is -1.85. The van der Waals surface area contributed by atoms with Crippen molar-refractivity contribution in [1.82, 2.24) is 52.0 Å². The van der Waals surface area contributed by atoms with E-state index in [2.05, 4.69) is 42.2 Å². The summed E-state index contributed by atoms with van der Waals surface area (Å²) in [7, 11) is 6.14. The zero-order chi connectivity index (χ0) is 78.5. The Morgan fingerprint density at radius 1 is 0.688 bits per heavy atom. The number of benzene rings is 4. The van der Waals surface area contributed by atoms with Crippen LogP contribution in [0.4, 0.5) is 4.39 Å². The number of amides is 9. The third-order valence-electron chi connectivity index (χ3n) is 20.6. The smallest absolute Gasteiger partial charge is 0.246 e. The molecule has 10 atom stereocenters. The number of hydrogen-bond acceptors (Lipinski definition) is 17. The van der Waals surface area contributed by atoms with Crippen molar-refractivity contribution in [2.75, 3.05) is 80.4 Å². The monoisotopic (exact) mass is 1510 g/mol. The number of aliphatic hydroxyl groups excluding tert-OH is 2. The van der Waals surface area contributed by atoms with Crippen molar-refractivity contribution >= 4 is 81.4 Å². The molecule has 6 heterocycles. The lowest BCUT2D eigenvalue weighted by molar-refractivity contribution is -0.870. The highest BCUT2D eigenvalue weighted by atomic mass is 19.1. The lowest BCUT2D eigenvalue weighted by Gasteiger charge is -2.37. The number of ether oxygens (including phenoxy) is 3. The van der Waals surface area contributed by atoms with Gasteiger partial charge in [0.25, 0.3) is 0 Å². The Bertz CT molecular complexity index is 4070. The number of aryl methyl sites for hydroxylation is 1. The quantitative estimate of drug-likeness (QED) is 0.0342. The fraction of sp³-hybridized carbons (Fsp3) is 0.525. The van der Waals surface area contributed by atoms with E-state index in [9.17, 15) is 43.8 Å².